The maximum Gasteiger partial charge on any atom is 0.292 e. The molecular weight excluding hydrogens is 382 g/mol. The third-order valence-electron chi connectivity index (χ3n) is 4.84. The van der Waals surface area contributed by atoms with Crippen LogP contribution in [0, 0.1) is 10.1 Å². The zero-order chi connectivity index (χ0) is 20.3. The number of ether oxygens (including phenoxy) is 1. The normalized spacial score (nSPS) is 19.2. The summed E-state index contributed by atoms with van der Waals surface area (Å²) in [4.78, 5) is 25.3. The lowest BCUT2D eigenvalue weighted by atomic mass is 9.98. The van der Waals surface area contributed by atoms with Crippen LogP contribution >= 0.6 is 11.6 Å². The molecule has 2 aromatic carbocycles. The fraction of sp³-hybridized carbons (Fsp3) is 0.350. The van der Waals surface area contributed by atoms with E-state index >= 15 is 0 Å². The number of hydrogen-bond acceptors (Lipinski definition) is 5. The Labute approximate surface area is 168 Å². The fourth-order valence-electron chi connectivity index (χ4n) is 3.20. The number of morpholine rings is 1. The average molecular weight is 404 g/mol. The van der Waals surface area contributed by atoms with Crippen molar-refractivity contribution < 1.29 is 14.5 Å². The van der Waals surface area contributed by atoms with E-state index in [0.29, 0.717) is 18.2 Å². The van der Waals surface area contributed by atoms with Gasteiger partial charge in [0.2, 0.25) is 5.91 Å². The maximum absolute atomic E-state index is 12.6. The first-order valence-corrected chi connectivity index (χ1v) is 9.30. The molecule has 1 amide bonds. The number of nitrogens with one attached hydrogen (secondary N) is 1. The molecule has 0 spiro atoms. The summed E-state index contributed by atoms with van der Waals surface area (Å²) in [6.07, 6.45) is -0.249. The lowest BCUT2D eigenvalue weighted by Crippen LogP contribution is -2.55. The van der Waals surface area contributed by atoms with E-state index < -0.39 is 4.92 Å². The number of hydrogen-bond donors (Lipinski definition) is 1. The Morgan fingerprint density at radius 1 is 1.29 bits per heavy atom. The molecule has 2 aromatic rings. The van der Waals surface area contributed by atoms with Crippen molar-refractivity contribution in [1.82, 2.24) is 4.90 Å². The highest BCUT2D eigenvalue weighted by atomic mass is 35.5. The van der Waals surface area contributed by atoms with E-state index in [-0.39, 0.29) is 35.5 Å². The van der Waals surface area contributed by atoms with Gasteiger partial charge in [-0.25, -0.2) is 0 Å². The smallest absolute Gasteiger partial charge is 0.292 e. The number of nitrogens with zero attached hydrogens (tertiary/aromatic N) is 2. The molecule has 1 N–H and O–H groups in total. The zero-order valence-corrected chi connectivity index (χ0v) is 16.5. The molecule has 1 atom stereocenters. The topological polar surface area (TPSA) is 84.7 Å². The average Bonchev–Trinajstić information content (AvgIpc) is 2.64. The number of amides is 1. The molecule has 8 heteroatoms. The SMILES string of the molecule is CC1(C)COC(c2ccccc2Cl)CN1CC(=O)Nc1ccccc1[N+](=O)[O-]. The van der Waals surface area contributed by atoms with Gasteiger partial charge in [-0.1, -0.05) is 41.9 Å². The van der Waals surface area contributed by atoms with E-state index in [0.717, 1.165) is 5.56 Å². The van der Waals surface area contributed by atoms with E-state index in [4.69, 9.17) is 16.3 Å². The van der Waals surface area contributed by atoms with Crippen LogP contribution in [0.2, 0.25) is 5.02 Å². The molecule has 7 nitrogen and oxygen atoms in total. The summed E-state index contributed by atoms with van der Waals surface area (Å²) >= 11 is 6.29. The number of para-hydroxylation sites is 2. The van der Waals surface area contributed by atoms with Crippen LogP contribution in [-0.4, -0.2) is 41.0 Å². The summed E-state index contributed by atoms with van der Waals surface area (Å²) in [5.74, 6) is -0.317. The fourth-order valence-corrected chi connectivity index (χ4v) is 3.46. The summed E-state index contributed by atoms with van der Waals surface area (Å²) in [7, 11) is 0. The third kappa shape index (κ3) is 4.49. The van der Waals surface area contributed by atoms with Gasteiger partial charge in [-0.3, -0.25) is 19.8 Å². The minimum Gasteiger partial charge on any atom is -0.370 e. The minimum absolute atomic E-state index is 0.0867. The molecule has 1 unspecified atom stereocenters. The van der Waals surface area contributed by atoms with Gasteiger partial charge in [0, 0.05) is 28.7 Å². The zero-order valence-electron chi connectivity index (χ0n) is 15.7. The van der Waals surface area contributed by atoms with Crippen LogP contribution < -0.4 is 5.32 Å². The van der Waals surface area contributed by atoms with Gasteiger partial charge in [0.25, 0.3) is 5.69 Å². The molecule has 148 valence electrons. The Balaban J connectivity index is 1.73. The van der Waals surface area contributed by atoms with Gasteiger partial charge < -0.3 is 10.1 Å². The summed E-state index contributed by atoms with van der Waals surface area (Å²) in [5, 5.41) is 14.4. The van der Waals surface area contributed by atoms with Crippen LogP contribution in [-0.2, 0) is 9.53 Å². The van der Waals surface area contributed by atoms with Crippen molar-refractivity contribution in [1.29, 1.82) is 0 Å². The Morgan fingerprint density at radius 3 is 2.68 bits per heavy atom. The highest BCUT2D eigenvalue weighted by Gasteiger charge is 2.37. The minimum atomic E-state index is -0.512. The first kappa shape index (κ1) is 20.3. The van der Waals surface area contributed by atoms with Crippen LogP contribution in [0.1, 0.15) is 25.5 Å². The number of carbonyl (C=O) groups excluding carboxylic acids is 1. The second-order valence-electron chi connectivity index (χ2n) is 7.34. The van der Waals surface area contributed by atoms with E-state index in [1.54, 1.807) is 12.1 Å². The molecule has 0 saturated carbocycles. The quantitative estimate of drug-likeness (QED) is 0.601. The number of rotatable bonds is 5. The Kier molecular flexibility index (Phi) is 5.98. The van der Waals surface area contributed by atoms with Gasteiger partial charge >= 0.3 is 0 Å². The van der Waals surface area contributed by atoms with Crippen molar-refractivity contribution >= 4 is 28.9 Å². The number of anilines is 1. The monoisotopic (exact) mass is 403 g/mol. The molecule has 1 saturated heterocycles. The van der Waals surface area contributed by atoms with Crippen molar-refractivity contribution in [2.24, 2.45) is 0 Å². The number of nitro benzene ring substituents is 1. The molecule has 1 aliphatic rings. The Bertz CT molecular complexity index is 887. The summed E-state index contributed by atoms with van der Waals surface area (Å²) in [5.41, 5.74) is 0.568. The molecular formula is C20H22ClN3O4. The predicted octanol–water partition coefficient (Wildman–Crippen LogP) is 4.04. The van der Waals surface area contributed by atoms with Gasteiger partial charge in [0.15, 0.2) is 0 Å². The maximum atomic E-state index is 12.6. The van der Waals surface area contributed by atoms with Gasteiger partial charge in [0.1, 0.15) is 5.69 Å². The standard InChI is InChI=1S/C20H22ClN3O4/c1-20(2)13-28-18(14-7-3-4-8-15(14)21)11-23(20)12-19(25)22-16-9-5-6-10-17(16)24(26)27/h3-10,18H,11-13H2,1-2H3,(H,22,25). The molecule has 0 radical (unpaired) electrons. The van der Waals surface area contributed by atoms with Crippen LogP contribution in [0.4, 0.5) is 11.4 Å². The van der Waals surface area contributed by atoms with Crippen LogP contribution in [0.3, 0.4) is 0 Å². The summed E-state index contributed by atoms with van der Waals surface area (Å²) < 4.78 is 5.99. The molecule has 0 bridgehead atoms. The van der Waals surface area contributed by atoms with Gasteiger partial charge in [0.05, 0.1) is 24.2 Å². The molecule has 3 rings (SSSR count). The summed E-state index contributed by atoms with van der Waals surface area (Å²) in [6, 6.07) is 13.6. The predicted molar refractivity (Wildman–Crippen MR) is 108 cm³/mol. The van der Waals surface area contributed by atoms with Crippen molar-refractivity contribution in [3.8, 4) is 0 Å². The lowest BCUT2D eigenvalue weighted by molar-refractivity contribution is -0.383. The highest BCUT2D eigenvalue weighted by Crippen LogP contribution is 2.33. The lowest BCUT2D eigenvalue weighted by Gasteiger charge is -2.45. The number of benzene rings is 2. The second kappa shape index (κ2) is 8.26. The second-order valence-corrected chi connectivity index (χ2v) is 7.74. The third-order valence-corrected chi connectivity index (χ3v) is 5.19. The first-order valence-electron chi connectivity index (χ1n) is 8.92. The summed E-state index contributed by atoms with van der Waals surface area (Å²) in [6.45, 7) is 4.99. The van der Waals surface area contributed by atoms with Crippen LogP contribution in [0.5, 0.6) is 0 Å². The molecule has 1 fully saturated rings. The van der Waals surface area contributed by atoms with E-state index in [1.165, 1.54) is 12.1 Å². The number of nitro groups is 1. The van der Waals surface area contributed by atoms with Gasteiger partial charge in [-0.15, -0.1) is 0 Å². The van der Waals surface area contributed by atoms with Crippen molar-refractivity contribution in [3.05, 3.63) is 69.2 Å². The van der Waals surface area contributed by atoms with Crippen molar-refractivity contribution in [2.45, 2.75) is 25.5 Å². The highest BCUT2D eigenvalue weighted by molar-refractivity contribution is 6.31. The Hall–Kier alpha value is -2.48. The number of carbonyl (C=O) groups is 1. The van der Waals surface area contributed by atoms with E-state index in [2.05, 4.69) is 5.32 Å². The van der Waals surface area contributed by atoms with Crippen LogP contribution in [0.15, 0.2) is 48.5 Å². The molecule has 0 aliphatic carbocycles. The molecule has 0 aromatic heterocycles. The van der Waals surface area contributed by atoms with Gasteiger partial charge in [-0.05, 0) is 26.0 Å². The van der Waals surface area contributed by atoms with Gasteiger partial charge in [-0.2, -0.15) is 0 Å². The Morgan fingerprint density at radius 2 is 1.96 bits per heavy atom. The number of halogens is 1. The van der Waals surface area contributed by atoms with Crippen molar-refractivity contribution in [3.63, 3.8) is 0 Å². The molecule has 1 aliphatic heterocycles. The van der Waals surface area contributed by atoms with Crippen molar-refractivity contribution in [2.75, 3.05) is 25.0 Å². The van der Waals surface area contributed by atoms with E-state index in [9.17, 15) is 14.9 Å². The molecule has 1 heterocycles. The first-order chi connectivity index (χ1) is 13.3. The largest absolute Gasteiger partial charge is 0.370 e. The van der Waals surface area contributed by atoms with E-state index in [1.807, 2.05) is 43.0 Å². The van der Waals surface area contributed by atoms with Crippen LogP contribution in [0.25, 0.3) is 0 Å². The molecule has 28 heavy (non-hydrogen) atoms.